The number of nitrogens with zero attached hydrogens (tertiary/aromatic N) is 3. The molecular weight excluding hydrogens is 248 g/mol. The second kappa shape index (κ2) is 5.66. The van der Waals surface area contributed by atoms with E-state index >= 15 is 0 Å². The number of rotatable bonds is 5. The molecule has 2 rings (SSSR count). The van der Waals surface area contributed by atoms with Crippen molar-refractivity contribution in [1.82, 2.24) is 20.1 Å². The number of aromatic nitrogens is 3. The first kappa shape index (κ1) is 13.3. The van der Waals surface area contributed by atoms with Crippen LogP contribution in [0.3, 0.4) is 0 Å². The van der Waals surface area contributed by atoms with Crippen molar-refractivity contribution in [1.29, 1.82) is 0 Å². The van der Waals surface area contributed by atoms with E-state index in [1.54, 1.807) is 24.0 Å². The molecule has 0 atom stereocenters. The fourth-order valence-corrected chi connectivity index (χ4v) is 1.71. The first-order valence-electron chi connectivity index (χ1n) is 5.83. The van der Waals surface area contributed by atoms with Crippen molar-refractivity contribution in [2.24, 2.45) is 7.05 Å². The Hall–Kier alpha value is -2.15. The SMILES string of the molecule is COC(=O)c1cc(CNCc2ncn(C)n2)oc1C. The van der Waals surface area contributed by atoms with Crippen molar-refractivity contribution >= 4 is 5.97 Å². The van der Waals surface area contributed by atoms with Crippen LogP contribution in [-0.2, 0) is 24.9 Å². The highest BCUT2D eigenvalue weighted by Gasteiger charge is 2.14. The first-order chi connectivity index (χ1) is 9.10. The maximum atomic E-state index is 11.4. The lowest BCUT2D eigenvalue weighted by atomic mass is 10.2. The normalized spacial score (nSPS) is 10.7. The van der Waals surface area contributed by atoms with Crippen molar-refractivity contribution in [2.45, 2.75) is 20.0 Å². The molecule has 0 unspecified atom stereocenters. The highest BCUT2D eigenvalue weighted by atomic mass is 16.5. The Kier molecular flexibility index (Phi) is 3.96. The van der Waals surface area contributed by atoms with Crippen LogP contribution in [0.1, 0.15) is 27.7 Å². The van der Waals surface area contributed by atoms with E-state index in [2.05, 4.69) is 20.1 Å². The fourth-order valence-electron chi connectivity index (χ4n) is 1.71. The van der Waals surface area contributed by atoms with Gasteiger partial charge in [-0.3, -0.25) is 4.68 Å². The third-order valence-electron chi connectivity index (χ3n) is 2.60. The summed E-state index contributed by atoms with van der Waals surface area (Å²) in [6.07, 6.45) is 1.64. The highest BCUT2D eigenvalue weighted by molar-refractivity contribution is 5.90. The maximum Gasteiger partial charge on any atom is 0.341 e. The number of methoxy groups -OCH3 is 1. The monoisotopic (exact) mass is 264 g/mol. The van der Waals surface area contributed by atoms with Crippen LogP contribution >= 0.6 is 0 Å². The summed E-state index contributed by atoms with van der Waals surface area (Å²) in [5, 5.41) is 7.29. The molecule has 0 aromatic carbocycles. The van der Waals surface area contributed by atoms with Crippen LogP contribution in [0.15, 0.2) is 16.8 Å². The zero-order valence-corrected chi connectivity index (χ0v) is 11.1. The number of furan rings is 1. The molecule has 0 bridgehead atoms. The molecule has 2 aromatic rings. The molecule has 7 heteroatoms. The molecule has 0 amide bonds. The summed E-state index contributed by atoms with van der Waals surface area (Å²) in [5.74, 6) is 1.55. The Labute approximate surface area is 110 Å². The first-order valence-corrected chi connectivity index (χ1v) is 5.83. The second-order valence-electron chi connectivity index (χ2n) is 4.11. The van der Waals surface area contributed by atoms with Crippen LogP contribution in [0.25, 0.3) is 0 Å². The van der Waals surface area contributed by atoms with E-state index < -0.39 is 0 Å². The van der Waals surface area contributed by atoms with Gasteiger partial charge in [-0.1, -0.05) is 0 Å². The summed E-state index contributed by atoms with van der Waals surface area (Å²) < 4.78 is 11.8. The summed E-state index contributed by atoms with van der Waals surface area (Å²) in [6, 6.07) is 1.68. The number of hydrogen-bond acceptors (Lipinski definition) is 6. The topological polar surface area (TPSA) is 82.2 Å². The summed E-state index contributed by atoms with van der Waals surface area (Å²) >= 11 is 0. The number of ether oxygens (including phenoxy) is 1. The van der Waals surface area contributed by atoms with E-state index in [-0.39, 0.29) is 5.97 Å². The molecule has 0 radical (unpaired) electrons. The van der Waals surface area contributed by atoms with E-state index in [1.165, 1.54) is 7.11 Å². The lowest BCUT2D eigenvalue weighted by Crippen LogP contribution is -2.13. The minimum absolute atomic E-state index is 0.390. The fraction of sp³-hybridized carbons (Fsp3) is 0.417. The molecule has 7 nitrogen and oxygen atoms in total. The van der Waals surface area contributed by atoms with E-state index in [1.807, 2.05) is 7.05 Å². The van der Waals surface area contributed by atoms with Crippen LogP contribution in [0.5, 0.6) is 0 Å². The van der Waals surface area contributed by atoms with Gasteiger partial charge >= 0.3 is 5.97 Å². The molecule has 0 saturated heterocycles. The Balaban J connectivity index is 1.91. The quantitative estimate of drug-likeness (QED) is 0.804. The number of nitrogens with one attached hydrogen (secondary N) is 1. The highest BCUT2D eigenvalue weighted by Crippen LogP contribution is 2.15. The smallest absolute Gasteiger partial charge is 0.341 e. The Morgan fingerprint density at radius 3 is 2.95 bits per heavy atom. The Morgan fingerprint density at radius 2 is 2.32 bits per heavy atom. The summed E-state index contributed by atoms with van der Waals surface area (Å²) in [5.41, 5.74) is 0.454. The third-order valence-corrected chi connectivity index (χ3v) is 2.60. The van der Waals surface area contributed by atoms with Crippen LogP contribution in [0.2, 0.25) is 0 Å². The molecule has 0 aliphatic carbocycles. The molecule has 2 heterocycles. The van der Waals surface area contributed by atoms with Crippen LogP contribution in [0, 0.1) is 6.92 Å². The number of carbonyl (C=O) groups is 1. The summed E-state index contributed by atoms with van der Waals surface area (Å²) in [7, 11) is 3.16. The van der Waals surface area contributed by atoms with Crippen molar-refractivity contribution in [3.8, 4) is 0 Å². The molecule has 0 aliphatic heterocycles. The van der Waals surface area contributed by atoms with Gasteiger partial charge in [0.05, 0.1) is 20.2 Å². The van der Waals surface area contributed by atoms with Crippen LogP contribution < -0.4 is 5.32 Å². The van der Waals surface area contributed by atoms with Gasteiger partial charge in [0.15, 0.2) is 5.82 Å². The van der Waals surface area contributed by atoms with Gasteiger partial charge in [-0.2, -0.15) is 5.10 Å². The number of hydrogen-bond donors (Lipinski definition) is 1. The number of esters is 1. The molecule has 0 fully saturated rings. The molecule has 102 valence electrons. The van der Waals surface area contributed by atoms with Gasteiger partial charge in [0.2, 0.25) is 0 Å². The van der Waals surface area contributed by atoms with Crippen molar-refractivity contribution in [3.05, 3.63) is 35.3 Å². The predicted molar refractivity (Wildman–Crippen MR) is 66.3 cm³/mol. The van der Waals surface area contributed by atoms with E-state index in [0.717, 1.165) is 0 Å². The Morgan fingerprint density at radius 1 is 1.53 bits per heavy atom. The minimum atomic E-state index is -0.390. The average molecular weight is 264 g/mol. The lowest BCUT2D eigenvalue weighted by molar-refractivity contribution is 0.0599. The number of aryl methyl sites for hydroxylation is 2. The minimum Gasteiger partial charge on any atom is -0.465 e. The molecule has 2 aromatic heterocycles. The standard InChI is InChI=1S/C12H16N4O3/c1-8-10(12(17)18-3)4-9(19-8)5-13-6-11-14-7-16(2)15-11/h4,7,13H,5-6H2,1-3H3. The predicted octanol–water partition coefficient (Wildman–Crippen LogP) is 0.793. The maximum absolute atomic E-state index is 11.4. The van der Waals surface area contributed by atoms with Gasteiger partial charge in [0, 0.05) is 7.05 Å². The zero-order chi connectivity index (χ0) is 13.8. The number of carbonyl (C=O) groups excluding carboxylic acids is 1. The van der Waals surface area contributed by atoms with Gasteiger partial charge in [-0.15, -0.1) is 0 Å². The van der Waals surface area contributed by atoms with Crippen molar-refractivity contribution < 1.29 is 13.9 Å². The third kappa shape index (κ3) is 3.19. The van der Waals surface area contributed by atoms with Crippen molar-refractivity contribution in [2.75, 3.05) is 7.11 Å². The van der Waals surface area contributed by atoms with Gasteiger partial charge in [-0.05, 0) is 13.0 Å². The van der Waals surface area contributed by atoms with Crippen molar-refractivity contribution in [3.63, 3.8) is 0 Å². The Bertz CT molecular complexity index is 573. The average Bonchev–Trinajstić information content (AvgIpc) is 2.95. The molecule has 1 N–H and O–H groups in total. The molecule has 0 saturated carbocycles. The van der Waals surface area contributed by atoms with E-state index in [9.17, 15) is 4.79 Å². The molecule has 0 spiro atoms. The van der Waals surface area contributed by atoms with Crippen LogP contribution in [-0.4, -0.2) is 27.8 Å². The van der Waals surface area contributed by atoms with E-state index in [0.29, 0.717) is 36.0 Å². The molecule has 19 heavy (non-hydrogen) atoms. The summed E-state index contributed by atoms with van der Waals surface area (Å²) in [4.78, 5) is 15.5. The summed E-state index contributed by atoms with van der Waals surface area (Å²) in [6.45, 7) is 2.76. The van der Waals surface area contributed by atoms with Gasteiger partial charge in [0.25, 0.3) is 0 Å². The largest absolute Gasteiger partial charge is 0.465 e. The zero-order valence-electron chi connectivity index (χ0n) is 11.1. The lowest BCUT2D eigenvalue weighted by Gasteiger charge is -1.98. The van der Waals surface area contributed by atoms with Gasteiger partial charge < -0.3 is 14.5 Å². The molecule has 0 aliphatic rings. The molecular formula is C12H16N4O3. The van der Waals surface area contributed by atoms with Gasteiger partial charge in [-0.25, -0.2) is 9.78 Å². The second-order valence-corrected chi connectivity index (χ2v) is 4.11. The van der Waals surface area contributed by atoms with Gasteiger partial charge in [0.1, 0.15) is 23.4 Å². The van der Waals surface area contributed by atoms with Crippen LogP contribution in [0.4, 0.5) is 0 Å². The van der Waals surface area contributed by atoms with E-state index in [4.69, 9.17) is 4.42 Å².